The Kier molecular flexibility index (Phi) is 7.52. The van der Waals surface area contributed by atoms with Crippen molar-refractivity contribution in [2.75, 3.05) is 32.7 Å². The molecular weight excluding hydrogens is 450 g/mol. The molecule has 3 rings (SSSR count). The average molecular weight is 473 g/mol. The number of hydrogen-bond donors (Lipinski definition) is 1. The molecule has 1 aliphatic heterocycles. The average Bonchev–Trinajstić information content (AvgIpc) is 2.73. The summed E-state index contributed by atoms with van der Waals surface area (Å²) < 4.78 is 78.9. The molecule has 32 heavy (non-hydrogen) atoms. The number of rotatable bonds is 7. The van der Waals surface area contributed by atoms with Crippen LogP contribution in [0.1, 0.15) is 16.7 Å². The highest BCUT2D eigenvalue weighted by atomic mass is 32.2. The number of carbonyl (C=O) groups is 1. The van der Waals surface area contributed by atoms with Crippen LogP contribution in [-0.2, 0) is 33.3 Å². The van der Waals surface area contributed by atoms with Crippen molar-refractivity contribution in [3.63, 3.8) is 0 Å². The molecule has 1 heterocycles. The van der Waals surface area contributed by atoms with Gasteiger partial charge in [-0.1, -0.05) is 36.4 Å². The van der Waals surface area contributed by atoms with E-state index >= 15 is 0 Å². The highest BCUT2D eigenvalue weighted by molar-refractivity contribution is 7.88. The molecule has 6 nitrogen and oxygen atoms in total. The molecule has 0 saturated carbocycles. The van der Waals surface area contributed by atoms with Gasteiger partial charge in [-0.05, 0) is 23.3 Å². The summed E-state index contributed by atoms with van der Waals surface area (Å²) in [5.41, 5.74) is -0.674. The van der Waals surface area contributed by atoms with E-state index in [1.54, 1.807) is 35.2 Å². The molecule has 174 valence electrons. The standard InChI is InChI=1S/C21H23F4N3O3S/c22-18-7-6-17(19(12-18)21(23,24)25)13-26-20(29)14-27-8-10-28(11-9-27)32(30,31)15-16-4-2-1-3-5-16/h1-7,12H,8-11,13-15H2,(H,26,29). The molecule has 1 N–H and O–H groups in total. The maximum Gasteiger partial charge on any atom is 0.416 e. The molecule has 0 spiro atoms. The Morgan fingerprint density at radius 1 is 1.00 bits per heavy atom. The Hall–Kier alpha value is -2.50. The number of sulfonamides is 1. The SMILES string of the molecule is O=C(CN1CCN(S(=O)(=O)Cc2ccccc2)CC1)NCc1ccc(F)cc1C(F)(F)F. The van der Waals surface area contributed by atoms with Crippen molar-refractivity contribution in [3.05, 3.63) is 71.0 Å². The normalized spacial score (nSPS) is 16.1. The van der Waals surface area contributed by atoms with Crippen LogP contribution in [0, 0.1) is 5.82 Å². The first-order valence-corrected chi connectivity index (χ1v) is 11.5. The Balaban J connectivity index is 1.49. The minimum Gasteiger partial charge on any atom is -0.351 e. The van der Waals surface area contributed by atoms with Crippen molar-refractivity contribution in [1.29, 1.82) is 0 Å². The Morgan fingerprint density at radius 3 is 2.28 bits per heavy atom. The van der Waals surface area contributed by atoms with Gasteiger partial charge >= 0.3 is 6.18 Å². The number of alkyl halides is 3. The van der Waals surface area contributed by atoms with Gasteiger partial charge in [-0.2, -0.15) is 17.5 Å². The van der Waals surface area contributed by atoms with Crippen LogP contribution < -0.4 is 5.32 Å². The maximum absolute atomic E-state index is 13.2. The van der Waals surface area contributed by atoms with Crippen LogP contribution in [-0.4, -0.2) is 56.3 Å². The third-order valence-corrected chi connectivity index (χ3v) is 6.99. The number of amides is 1. The molecule has 0 unspecified atom stereocenters. The molecule has 1 fully saturated rings. The number of nitrogens with zero attached hydrogens (tertiary/aromatic N) is 2. The Bertz CT molecular complexity index is 1040. The van der Waals surface area contributed by atoms with E-state index in [1.165, 1.54) is 4.31 Å². The first-order chi connectivity index (χ1) is 15.0. The number of halogens is 4. The molecule has 0 aliphatic carbocycles. The van der Waals surface area contributed by atoms with Gasteiger partial charge in [-0.15, -0.1) is 0 Å². The fourth-order valence-electron chi connectivity index (χ4n) is 3.46. The van der Waals surface area contributed by atoms with Crippen molar-refractivity contribution in [1.82, 2.24) is 14.5 Å². The molecule has 1 amide bonds. The predicted octanol–water partition coefficient (Wildman–Crippen LogP) is 2.61. The van der Waals surface area contributed by atoms with Crippen molar-refractivity contribution in [2.45, 2.75) is 18.5 Å². The van der Waals surface area contributed by atoms with E-state index in [4.69, 9.17) is 0 Å². The zero-order valence-electron chi connectivity index (χ0n) is 17.1. The quantitative estimate of drug-likeness (QED) is 0.628. The summed E-state index contributed by atoms with van der Waals surface area (Å²) in [6.45, 7) is 0.628. The first-order valence-electron chi connectivity index (χ1n) is 9.91. The van der Waals surface area contributed by atoms with Crippen LogP contribution in [0.5, 0.6) is 0 Å². The molecule has 1 aliphatic rings. The van der Waals surface area contributed by atoms with Crippen LogP contribution in [0.3, 0.4) is 0 Å². The van der Waals surface area contributed by atoms with E-state index in [-0.39, 0.29) is 37.5 Å². The van der Waals surface area contributed by atoms with Gasteiger partial charge in [0, 0.05) is 32.7 Å². The third kappa shape index (κ3) is 6.50. The number of nitrogens with one attached hydrogen (secondary N) is 1. The lowest BCUT2D eigenvalue weighted by Gasteiger charge is -2.33. The minimum absolute atomic E-state index is 0.0743. The van der Waals surface area contributed by atoms with Crippen LogP contribution in [0.15, 0.2) is 48.5 Å². The third-order valence-electron chi connectivity index (χ3n) is 5.14. The van der Waals surface area contributed by atoms with Crippen LogP contribution in [0.25, 0.3) is 0 Å². The van der Waals surface area contributed by atoms with Gasteiger partial charge in [0.05, 0.1) is 17.9 Å². The van der Waals surface area contributed by atoms with Crippen LogP contribution in [0.2, 0.25) is 0 Å². The van der Waals surface area contributed by atoms with Crippen molar-refractivity contribution in [3.8, 4) is 0 Å². The topological polar surface area (TPSA) is 69.7 Å². The smallest absolute Gasteiger partial charge is 0.351 e. The van der Waals surface area contributed by atoms with Gasteiger partial charge in [0.1, 0.15) is 5.82 Å². The van der Waals surface area contributed by atoms with E-state index in [1.807, 2.05) is 0 Å². The van der Waals surface area contributed by atoms with Gasteiger partial charge < -0.3 is 5.32 Å². The summed E-state index contributed by atoms with van der Waals surface area (Å²) >= 11 is 0. The maximum atomic E-state index is 13.2. The van der Waals surface area contributed by atoms with Crippen molar-refractivity contribution in [2.24, 2.45) is 0 Å². The molecule has 0 radical (unpaired) electrons. The second kappa shape index (κ2) is 9.97. The van der Waals surface area contributed by atoms with Crippen LogP contribution in [0.4, 0.5) is 17.6 Å². The van der Waals surface area contributed by atoms with Gasteiger partial charge in [0.2, 0.25) is 15.9 Å². The van der Waals surface area contributed by atoms with Crippen LogP contribution >= 0.6 is 0 Å². The van der Waals surface area contributed by atoms with Crippen molar-refractivity contribution < 1.29 is 30.8 Å². The van der Waals surface area contributed by atoms with Gasteiger partial charge in [-0.3, -0.25) is 9.69 Å². The fourth-order valence-corrected chi connectivity index (χ4v) is 4.98. The number of hydrogen-bond acceptors (Lipinski definition) is 4. The first kappa shape index (κ1) is 24.1. The molecule has 1 saturated heterocycles. The molecular formula is C21H23F4N3O3S. The lowest BCUT2D eigenvalue weighted by molar-refractivity contribution is -0.138. The van der Waals surface area contributed by atoms with E-state index in [9.17, 15) is 30.8 Å². The highest BCUT2D eigenvalue weighted by Crippen LogP contribution is 2.32. The molecule has 0 aromatic heterocycles. The molecule has 11 heteroatoms. The second-order valence-corrected chi connectivity index (χ2v) is 9.46. The predicted molar refractivity (Wildman–Crippen MR) is 110 cm³/mol. The van der Waals surface area contributed by atoms with E-state index in [0.717, 1.165) is 12.1 Å². The Labute approximate surface area is 183 Å². The second-order valence-electron chi connectivity index (χ2n) is 7.49. The van der Waals surface area contributed by atoms with E-state index in [0.29, 0.717) is 24.7 Å². The fraction of sp³-hybridized carbons (Fsp3) is 0.381. The summed E-state index contributed by atoms with van der Waals surface area (Å²) in [5.74, 6) is -1.61. The summed E-state index contributed by atoms with van der Waals surface area (Å²) in [6.07, 6.45) is -4.73. The largest absolute Gasteiger partial charge is 0.416 e. The van der Waals surface area contributed by atoms with E-state index in [2.05, 4.69) is 5.32 Å². The molecule has 0 bridgehead atoms. The van der Waals surface area contributed by atoms with Crippen molar-refractivity contribution >= 4 is 15.9 Å². The zero-order chi connectivity index (χ0) is 23.4. The molecule has 2 aromatic carbocycles. The number of piperazine rings is 1. The lowest BCUT2D eigenvalue weighted by Crippen LogP contribution is -2.51. The summed E-state index contributed by atoms with van der Waals surface area (Å²) in [6, 6.07) is 11.1. The number of carbonyl (C=O) groups excluding carboxylic acids is 1. The van der Waals surface area contributed by atoms with Gasteiger partial charge in [-0.25, -0.2) is 12.8 Å². The van der Waals surface area contributed by atoms with Gasteiger partial charge in [0.25, 0.3) is 0 Å². The lowest BCUT2D eigenvalue weighted by atomic mass is 10.1. The number of benzene rings is 2. The molecule has 0 atom stereocenters. The minimum atomic E-state index is -4.73. The summed E-state index contributed by atoms with van der Waals surface area (Å²) in [4.78, 5) is 13.9. The monoisotopic (exact) mass is 473 g/mol. The zero-order valence-corrected chi connectivity index (χ0v) is 17.9. The molecule has 2 aromatic rings. The Morgan fingerprint density at radius 2 is 1.66 bits per heavy atom. The van der Waals surface area contributed by atoms with Gasteiger partial charge in [0.15, 0.2) is 0 Å². The van der Waals surface area contributed by atoms with E-state index < -0.39 is 33.5 Å². The summed E-state index contributed by atoms with van der Waals surface area (Å²) in [5, 5.41) is 2.42. The summed E-state index contributed by atoms with van der Waals surface area (Å²) in [7, 11) is -3.49. The highest BCUT2D eigenvalue weighted by Gasteiger charge is 2.34.